The molecule has 0 heterocycles. The van der Waals surface area contributed by atoms with Gasteiger partial charge in [0.2, 0.25) is 0 Å². The van der Waals surface area contributed by atoms with Crippen molar-refractivity contribution in [3.63, 3.8) is 0 Å². The first-order valence-electron chi connectivity index (χ1n) is 7.93. The van der Waals surface area contributed by atoms with Crippen LogP contribution in [0.4, 0.5) is 11.4 Å². The fraction of sp³-hybridized carbons (Fsp3) is 0.316. The standard InChI is InChI=1S/C19H24N2O2/c1-14(12-15(2)22)13-20-19(23)17-10-6-7-11-18(17)21-16-8-4-3-5-9-16/h3-11,14-15,21-22H,12-13H2,1-2H3,(H,20,23). The van der Waals surface area contributed by atoms with Gasteiger partial charge in [0.1, 0.15) is 0 Å². The highest BCUT2D eigenvalue weighted by atomic mass is 16.3. The van der Waals surface area contributed by atoms with Gasteiger partial charge in [0.25, 0.3) is 5.91 Å². The molecule has 0 aliphatic rings. The van der Waals surface area contributed by atoms with E-state index in [0.717, 1.165) is 11.4 Å². The lowest BCUT2D eigenvalue weighted by molar-refractivity contribution is 0.0940. The molecule has 0 aromatic heterocycles. The van der Waals surface area contributed by atoms with Gasteiger partial charge in [-0.05, 0) is 43.5 Å². The van der Waals surface area contributed by atoms with E-state index in [1.165, 1.54) is 0 Å². The van der Waals surface area contributed by atoms with Crippen LogP contribution in [0.1, 0.15) is 30.6 Å². The Morgan fingerprint density at radius 2 is 1.70 bits per heavy atom. The van der Waals surface area contributed by atoms with E-state index in [4.69, 9.17) is 0 Å². The Morgan fingerprint density at radius 3 is 2.39 bits per heavy atom. The van der Waals surface area contributed by atoms with Gasteiger partial charge in [0.15, 0.2) is 0 Å². The molecule has 2 rings (SSSR count). The van der Waals surface area contributed by atoms with Gasteiger partial charge in [0.05, 0.1) is 17.4 Å². The number of anilines is 2. The van der Waals surface area contributed by atoms with Crippen molar-refractivity contribution in [1.29, 1.82) is 0 Å². The summed E-state index contributed by atoms with van der Waals surface area (Å²) in [5.74, 6) is 0.120. The summed E-state index contributed by atoms with van der Waals surface area (Å²) in [6.45, 7) is 4.32. The summed E-state index contributed by atoms with van der Waals surface area (Å²) in [5, 5.41) is 15.6. The van der Waals surface area contributed by atoms with Crippen LogP contribution in [0, 0.1) is 5.92 Å². The van der Waals surface area contributed by atoms with Crippen molar-refractivity contribution in [2.45, 2.75) is 26.4 Å². The number of hydrogen-bond acceptors (Lipinski definition) is 3. The van der Waals surface area contributed by atoms with Crippen LogP contribution in [0.5, 0.6) is 0 Å². The predicted molar refractivity (Wildman–Crippen MR) is 94.0 cm³/mol. The second kappa shape index (κ2) is 8.34. The quantitative estimate of drug-likeness (QED) is 0.732. The maximum absolute atomic E-state index is 12.4. The number of nitrogens with one attached hydrogen (secondary N) is 2. The van der Waals surface area contributed by atoms with Crippen LogP contribution in [-0.4, -0.2) is 23.7 Å². The molecule has 2 aromatic carbocycles. The number of carbonyl (C=O) groups is 1. The third-order valence-corrected chi connectivity index (χ3v) is 3.58. The first-order valence-corrected chi connectivity index (χ1v) is 7.93. The molecule has 0 saturated heterocycles. The average molecular weight is 312 g/mol. The molecule has 4 nitrogen and oxygen atoms in total. The van der Waals surface area contributed by atoms with E-state index in [-0.39, 0.29) is 17.9 Å². The minimum atomic E-state index is -0.353. The van der Waals surface area contributed by atoms with Crippen molar-refractivity contribution >= 4 is 17.3 Å². The fourth-order valence-electron chi connectivity index (χ4n) is 2.49. The highest BCUT2D eigenvalue weighted by Crippen LogP contribution is 2.20. The summed E-state index contributed by atoms with van der Waals surface area (Å²) in [5.41, 5.74) is 2.33. The summed E-state index contributed by atoms with van der Waals surface area (Å²) in [6, 6.07) is 17.2. The molecule has 1 amide bonds. The summed E-state index contributed by atoms with van der Waals surface area (Å²) in [6.07, 6.45) is 0.318. The molecule has 2 unspecified atom stereocenters. The van der Waals surface area contributed by atoms with Crippen molar-refractivity contribution in [2.24, 2.45) is 5.92 Å². The lowest BCUT2D eigenvalue weighted by Crippen LogP contribution is -2.29. The SMILES string of the molecule is CC(O)CC(C)CNC(=O)c1ccccc1Nc1ccccc1. The van der Waals surface area contributed by atoms with Crippen molar-refractivity contribution in [2.75, 3.05) is 11.9 Å². The van der Waals surface area contributed by atoms with Gasteiger partial charge >= 0.3 is 0 Å². The predicted octanol–water partition coefficient (Wildman–Crippen LogP) is 3.57. The molecule has 2 aromatic rings. The molecule has 0 saturated carbocycles. The normalized spacial score (nSPS) is 13.2. The maximum Gasteiger partial charge on any atom is 0.253 e. The minimum Gasteiger partial charge on any atom is -0.393 e. The molecule has 0 bridgehead atoms. The Hall–Kier alpha value is -2.33. The second-order valence-corrected chi connectivity index (χ2v) is 5.94. The van der Waals surface area contributed by atoms with E-state index in [2.05, 4.69) is 10.6 Å². The van der Waals surface area contributed by atoms with Crippen LogP contribution < -0.4 is 10.6 Å². The van der Waals surface area contributed by atoms with Crippen molar-refractivity contribution in [1.82, 2.24) is 5.32 Å². The van der Waals surface area contributed by atoms with E-state index >= 15 is 0 Å². The lowest BCUT2D eigenvalue weighted by Gasteiger charge is -2.16. The fourth-order valence-corrected chi connectivity index (χ4v) is 2.49. The number of aliphatic hydroxyl groups excluding tert-OH is 1. The van der Waals surface area contributed by atoms with Gasteiger partial charge in [-0.3, -0.25) is 4.79 Å². The van der Waals surface area contributed by atoms with E-state index < -0.39 is 0 Å². The van der Waals surface area contributed by atoms with Gasteiger partial charge in [0, 0.05) is 12.2 Å². The van der Waals surface area contributed by atoms with Crippen LogP contribution in [0.15, 0.2) is 54.6 Å². The Labute approximate surface area is 137 Å². The van der Waals surface area contributed by atoms with Gasteiger partial charge in [-0.2, -0.15) is 0 Å². The highest BCUT2D eigenvalue weighted by molar-refractivity contribution is 6.00. The number of para-hydroxylation sites is 2. The third-order valence-electron chi connectivity index (χ3n) is 3.58. The second-order valence-electron chi connectivity index (χ2n) is 5.94. The number of aliphatic hydroxyl groups is 1. The molecule has 0 aliphatic carbocycles. The van der Waals surface area contributed by atoms with E-state index in [1.807, 2.05) is 55.5 Å². The van der Waals surface area contributed by atoms with Crippen LogP contribution >= 0.6 is 0 Å². The number of benzene rings is 2. The third kappa shape index (κ3) is 5.42. The zero-order valence-corrected chi connectivity index (χ0v) is 13.6. The van der Waals surface area contributed by atoms with E-state index in [0.29, 0.717) is 18.5 Å². The van der Waals surface area contributed by atoms with Crippen LogP contribution in [0.25, 0.3) is 0 Å². The van der Waals surface area contributed by atoms with Crippen LogP contribution in [0.3, 0.4) is 0 Å². The largest absolute Gasteiger partial charge is 0.393 e. The van der Waals surface area contributed by atoms with Crippen molar-refractivity contribution < 1.29 is 9.90 Å². The number of amides is 1. The highest BCUT2D eigenvalue weighted by Gasteiger charge is 2.13. The molecular formula is C19H24N2O2. The summed E-state index contributed by atoms with van der Waals surface area (Å²) in [7, 11) is 0. The minimum absolute atomic E-state index is 0.110. The van der Waals surface area contributed by atoms with Crippen molar-refractivity contribution in [3.05, 3.63) is 60.2 Å². The Balaban J connectivity index is 2.03. The summed E-state index contributed by atoms with van der Waals surface area (Å²) in [4.78, 5) is 12.4. The lowest BCUT2D eigenvalue weighted by atomic mass is 10.0. The smallest absolute Gasteiger partial charge is 0.253 e. The van der Waals surface area contributed by atoms with Crippen LogP contribution in [0.2, 0.25) is 0 Å². The molecule has 2 atom stereocenters. The van der Waals surface area contributed by atoms with Gasteiger partial charge in [-0.25, -0.2) is 0 Å². The molecule has 3 N–H and O–H groups in total. The maximum atomic E-state index is 12.4. The Kier molecular flexibility index (Phi) is 6.18. The van der Waals surface area contributed by atoms with Gasteiger partial charge in [-0.1, -0.05) is 37.3 Å². The summed E-state index contributed by atoms with van der Waals surface area (Å²) >= 11 is 0. The van der Waals surface area contributed by atoms with Gasteiger partial charge in [-0.15, -0.1) is 0 Å². The molecule has 0 aliphatic heterocycles. The Bertz CT molecular complexity index is 626. The molecule has 0 spiro atoms. The van der Waals surface area contributed by atoms with Gasteiger partial charge < -0.3 is 15.7 Å². The summed E-state index contributed by atoms with van der Waals surface area (Å²) < 4.78 is 0. The first kappa shape index (κ1) is 17.0. The average Bonchev–Trinajstić information content (AvgIpc) is 2.53. The number of rotatable bonds is 7. The molecule has 0 radical (unpaired) electrons. The number of hydrogen-bond donors (Lipinski definition) is 3. The topological polar surface area (TPSA) is 61.4 Å². The molecular weight excluding hydrogens is 288 g/mol. The van der Waals surface area contributed by atoms with Crippen molar-refractivity contribution in [3.8, 4) is 0 Å². The Morgan fingerprint density at radius 1 is 1.04 bits per heavy atom. The zero-order chi connectivity index (χ0) is 16.7. The molecule has 122 valence electrons. The zero-order valence-electron chi connectivity index (χ0n) is 13.6. The molecule has 4 heteroatoms. The monoisotopic (exact) mass is 312 g/mol. The van der Waals surface area contributed by atoms with E-state index in [9.17, 15) is 9.90 Å². The number of carbonyl (C=O) groups excluding carboxylic acids is 1. The van der Waals surface area contributed by atoms with Crippen LogP contribution in [-0.2, 0) is 0 Å². The molecule has 0 fully saturated rings. The van der Waals surface area contributed by atoms with E-state index in [1.54, 1.807) is 13.0 Å². The first-order chi connectivity index (χ1) is 11.1. The molecule has 23 heavy (non-hydrogen) atoms.